The summed E-state index contributed by atoms with van der Waals surface area (Å²) in [6.45, 7) is 4.12. The minimum atomic E-state index is -0.0667. The lowest BCUT2D eigenvalue weighted by atomic mass is 9.99. The van der Waals surface area contributed by atoms with Crippen molar-refractivity contribution < 1.29 is 4.74 Å². The van der Waals surface area contributed by atoms with Crippen LogP contribution in [0.3, 0.4) is 0 Å². The van der Waals surface area contributed by atoms with Gasteiger partial charge in [0.1, 0.15) is 5.75 Å². The van der Waals surface area contributed by atoms with Crippen LogP contribution in [0, 0.1) is 13.8 Å². The first-order chi connectivity index (χ1) is 9.43. The van der Waals surface area contributed by atoms with Crippen LogP contribution >= 0.6 is 39.1 Å². The lowest BCUT2D eigenvalue weighted by Crippen LogP contribution is -1.99. The first-order valence-electron chi connectivity index (χ1n) is 6.18. The highest BCUT2D eigenvalue weighted by Gasteiger charge is 2.19. The molecule has 20 heavy (non-hydrogen) atoms. The minimum absolute atomic E-state index is 0.0667. The van der Waals surface area contributed by atoms with Crippen molar-refractivity contribution in [3.63, 3.8) is 0 Å². The van der Waals surface area contributed by atoms with E-state index in [1.807, 2.05) is 31.2 Å². The molecular formula is C16H15BrCl2O. The fourth-order valence-electron chi connectivity index (χ4n) is 2.07. The second-order valence-electron chi connectivity index (χ2n) is 4.71. The van der Waals surface area contributed by atoms with Crippen molar-refractivity contribution in [1.29, 1.82) is 0 Å². The average molecular weight is 374 g/mol. The molecule has 1 nitrogen and oxygen atoms in total. The number of benzene rings is 2. The van der Waals surface area contributed by atoms with E-state index in [1.54, 1.807) is 7.11 Å². The molecule has 0 aliphatic carbocycles. The van der Waals surface area contributed by atoms with Crippen LogP contribution in [0.25, 0.3) is 0 Å². The van der Waals surface area contributed by atoms with Gasteiger partial charge in [-0.1, -0.05) is 45.2 Å². The van der Waals surface area contributed by atoms with E-state index >= 15 is 0 Å². The molecule has 0 spiro atoms. The molecule has 2 aromatic rings. The van der Waals surface area contributed by atoms with Crippen molar-refractivity contribution in [3.05, 3.63) is 62.6 Å². The summed E-state index contributed by atoms with van der Waals surface area (Å²) in [6.07, 6.45) is 0. The van der Waals surface area contributed by atoms with Crippen molar-refractivity contribution in [2.24, 2.45) is 0 Å². The normalized spacial score (nSPS) is 12.3. The van der Waals surface area contributed by atoms with Crippen LogP contribution in [-0.4, -0.2) is 7.11 Å². The SMILES string of the molecule is COc1ccc(Cl)cc1C(Br)c1cc(C)c(C)cc1Cl. The van der Waals surface area contributed by atoms with Crippen LogP contribution in [0.15, 0.2) is 30.3 Å². The second kappa shape index (κ2) is 6.38. The minimum Gasteiger partial charge on any atom is -0.496 e. The van der Waals surface area contributed by atoms with E-state index in [2.05, 4.69) is 28.9 Å². The van der Waals surface area contributed by atoms with Crippen molar-refractivity contribution in [3.8, 4) is 5.75 Å². The van der Waals surface area contributed by atoms with Crippen molar-refractivity contribution in [2.45, 2.75) is 18.7 Å². The van der Waals surface area contributed by atoms with Crippen molar-refractivity contribution >= 4 is 39.1 Å². The number of alkyl halides is 1. The van der Waals surface area contributed by atoms with E-state index < -0.39 is 0 Å². The highest BCUT2D eigenvalue weighted by atomic mass is 79.9. The molecule has 2 aromatic carbocycles. The Balaban J connectivity index is 2.54. The van der Waals surface area contributed by atoms with Crippen LogP contribution in [0.1, 0.15) is 27.1 Å². The number of hydrogen-bond acceptors (Lipinski definition) is 1. The summed E-state index contributed by atoms with van der Waals surface area (Å²) in [6, 6.07) is 9.65. The Morgan fingerprint density at radius 1 is 1.00 bits per heavy atom. The van der Waals surface area contributed by atoms with Crippen LogP contribution in [0.4, 0.5) is 0 Å². The third-order valence-electron chi connectivity index (χ3n) is 3.35. The summed E-state index contributed by atoms with van der Waals surface area (Å²) < 4.78 is 5.41. The lowest BCUT2D eigenvalue weighted by Gasteiger charge is -2.17. The molecular weight excluding hydrogens is 359 g/mol. The van der Waals surface area contributed by atoms with Crippen LogP contribution in [-0.2, 0) is 0 Å². The van der Waals surface area contributed by atoms with Crippen molar-refractivity contribution in [2.75, 3.05) is 7.11 Å². The monoisotopic (exact) mass is 372 g/mol. The zero-order valence-corrected chi connectivity index (χ0v) is 14.6. The summed E-state index contributed by atoms with van der Waals surface area (Å²) in [5.41, 5.74) is 4.35. The summed E-state index contributed by atoms with van der Waals surface area (Å²) in [7, 11) is 1.65. The van der Waals surface area contributed by atoms with Crippen molar-refractivity contribution in [1.82, 2.24) is 0 Å². The number of halogens is 3. The Morgan fingerprint density at radius 3 is 2.30 bits per heavy atom. The topological polar surface area (TPSA) is 9.23 Å². The maximum atomic E-state index is 6.38. The molecule has 0 N–H and O–H groups in total. The first-order valence-corrected chi connectivity index (χ1v) is 7.85. The van der Waals surface area contributed by atoms with Gasteiger partial charge in [-0.25, -0.2) is 0 Å². The molecule has 1 atom stereocenters. The molecule has 0 bridgehead atoms. The molecule has 1 unspecified atom stereocenters. The molecule has 0 saturated carbocycles. The Labute approximate surface area is 138 Å². The fourth-order valence-corrected chi connectivity index (χ4v) is 3.44. The van der Waals surface area contributed by atoms with Crippen LogP contribution in [0.2, 0.25) is 10.0 Å². The Morgan fingerprint density at radius 2 is 1.65 bits per heavy atom. The summed E-state index contributed by atoms with van der Waals surface area (Å²) in [5.74, 6) is 0.783. The molecule has 0 aliphatic rings. The zero-order valence-electron chi connectivity index (χ0n) is 11.5. The predicted octanol–water partition coefficient (Wildman–Crippen LogP) is 6.10. The fraction of sp³-hybridized carbons (Fsp3) is 0.250. The summed E-state index contributed by atoms with van der Waals surface area (Å²) >= 11 is 16.2. The molecule has 0 aromatic heterocycles. The molecule has 0 fully saturated rings. The smallest absolute Gasteiger partial charge is 0.123 e. The van der Waals surface area contributed by atoms with Gasteiger partial charge in [0.2, 0.25) is 0 Å². The van der Waals surface area contributed by atoms with E-state index in [9.17, 15) is 0 Å². The van der Waals surface area contributed by atoms with Crippen LogP contribution < -0.4 is 4.74 Å². The predicted molar refractivity (Wildman–Crippen MR) is 89.7 cm³/mol. The lowest BCUT2D eigenvalue weighted by molar-refractivity contribution is 0.410. The van der Waals surface area contributed by atoms with E-state index in [4.69, 9.17) is 27.9 Å². The van der Waals surface area contributed by atoms with Gasteiger partial charge in [0, 0.05) is 15.6 Å². The Bertz CT molecular complexity index is 641. The van der Waals surface area contributed by atoms with Gasteiger partial charge in [-0.15, -0.1) is 0 Å². The number of rotatable bonds is 3. The van der Waals surface area contributed by atoms with Gasteiger partial charge in [0.05, 0.1) is 11.9 Å². The van der Waals surface area contributed by atoms with E-state index in [0.717, 1.165) is 21.9 Å². The Hall–Kier alpha value is -0.700. The molecule has 0 amide bonds. The van der Waals surface area contributed by atoms with Gasteiger partial charge in [-0.3, -0.25) is 0 Å². The third-order valence-corrected chi connectivity index (χ3v) is 4.90. The van der Waals surface area contributed by atoms with E-state index in [-0.39, 0.29) is 4.83 Å². The number of ether oxygens (including phenoxy) is 1. The molecule has 0 radical (unpaired) electrons. The molecule has 0 aliphatic heterocycles. The summed E-state index contributed by atoms with van der Waals surface area (Å²) in [5, 5.41) is 1.40. The number of aryl methyl sites for hydroxylation is 2. The quantitative estimate of drug-likeness (QED) is 0.590. The van der Waals surface area contributed by atoms with E-state index in [1.165, 1.54) is 11.1 Å². The second-order valence-corrected chi connectivity index (χ2v) is 6.47. The Kier molecular flexibility index (Phi) is 5.00. The largest absolute Gasteiger partial charge is 0.496 e. The van der Waals surface area contributed by atoms with Crippen LogP contribution in [0.5, 0.6) is 5.75 Å². The zero-order chi connectivity index (χ0) is 14.9. The maximum Gasteiger partial charge on any atom is 0.123 e. The molecule has 0 saturated heterocycles. The first kappa shape index (κ1) is 15.7. The highest BCUT2D eigenvalue weighted by molar-refractivity contribution is 9.09. The van der Waals surface area contributed by atoms with Gasteiger partial charge in [-0.2, -0.15) is 0 Å². The summed E-state index contributed by atoms with van der Waals surface area (Å²) in [4.78, 5) is -0.0667. The number of hydrogen-bond donors (Lipinski definition) is 0. The van der Waals surface area contributed by atoms with Gasteiger partial charge in [0.15, 0.2) is 0 Å². The van der Waals surface area contributed by atoms with E-state index in [0.29, 0.717) is 5.02 Å². The van der Waals surface area contributed by atoms with Gasteiger partial charge < -0.3 is 4.74 Å². The maximum absolute atomic E-state index is 6.38. The molecule has 106 valence electrons. The molecule has 2 rings (SSSR count). The standard InChI is InChI=1S/C16H15BrCl2O/c1-9-6-12(14(19)7-10(9)2)16(17)13-8-11(18)4-5-15(13)20-3/h4-8,16H,1-3H3. The average Bonchev–Trinajstić information content (AvgIpc) is 2.42. The van der Waals surface area contributed by atoms with Gasteiger partial charge in [-0.05, 0) is 54.8 Å². The van der Waals surface area contributed by atoms with Gasteiger partial charge in [0.25, 0.3) is 0 Å². The highest BCUT2D eigenvalue weighted by Crippen LogP contribution is 2.41. The molecule has 0 heterocycles. The molecule has 4 heteroatoms. The number of methoxy groups -OCH3 is 1. The van der Waals surface area contributed by atoms with Gasteiger partial charge >= 0.3 is 0 Å². The third kappa shape index (κ3) is 3.13.